The van der Waals surface area contributed by atoms with Crippen LogP contribution in [0.5, 0.6) is 5.75 Å². The Morgan fingerprint density at radius 2 is 2.17 bits per heavy atom. The largest absolute Gasteiger partial charge is 0.494 e. The number of ether oxygens (including phenoxy) is 1. The molecule has 0 bridgehead atoms. The first kappa shape index (κ1) is 12.5. The molecule has 0 fully saturated rings. The molecule has 1 aromatic carbocycles. The smallest absolute Gasteiger partial charge is 0.207 e. The highest BCUT2D eigenvalue weighted by Gasteiger charge is 2.04. The normalized spacial score (nSPS) is 10.4. The Morgan fingerprint density at radius 3 is 2.89 bits per heavy atom. The van der Waals surface area contributed by atoms with Gasteiger partial charge < -0.3 is 14.6 Å². The molecule has 0 amide bonds. The van der Waals surface area contributed by atoms with Crippen LogP contribution in [0.25, 0.3) is 0 Å². The molecule has 0 spiro atoms. The molecule has 1 N–H and O–H groups in total. The van der Waals surface area contributed by atoms with Crippen molar-refractivity contribution >= 4 is 11.6 Å². The predicted molar refractivity (Wildman–Crippen MR) is 73.5 cm³/mol. The summed E-state index contributed by atoms with van der Waals surface area (Å²) in [6.07, 6.45) is 2.04. The van der Waals surface area contributed by atoms with E-state index >= 15 is 0 Å². The molecule has 18 heavy (non-hydrogen) atoms. The van der Waals surface area contributed by atoms with Crippen LogP contribution in [0.15, 0.2) is 30.5 Å². The summed E-state index contributed by atoms with van der Waals surface area (Å²) in [6, 6.07) is 7.91. The number of hydrogen-bond donors (Lipinski definition) is 1. The van der Waals surface area contributed by atoms with Gasteiger partial charge in [-0.3, -0.25) is 0 Å². The van der Waals surface area contributed by atoms with E-state index in [0.29, 0.717) is 6.61 Å². The van der Waals surface area contributed by atoms with Crippen LogP contribution in [0.3, 0.4) is 0 Å². The van der Waals surface area contributed by atoms with Crippen LogP contribution in [0.1, 0.15) is 19.5 Å². The van der Waals surface area contributed by atoms with Gasteiger partial charge in [0.25, 0.3) is 0 Å². The Kier molecular flexibility index (Phi) is 3.87. The van der Waals surface area contributed by atoms with E-state index in [1.165, 1.54) is 0 Å². The summed E-state index contributed by atoms with van der Waals surface area (Å²) in [6.45, 7) is 7.64. The molecule has 0 saturated heterocycles. The van der Waals surface area contributed by atoms with E-state index in [1.54, 1.807) is 0 Å². The quantitative estimate of drug-likeness (QED) is 0.878. The third-order valence-electron chi connectivity index (χ3n) is 2.64. The molecule has 0 aliphatic carbocycles. The van der Waals surface area contributed by atoms with Crippen LogP contribution < -0.4 is 10.1 Å². The minimum Gasteiger partial charge on any atom is -0.494 e. The van der Waals surface area contributed by atoms with Gasteiger partial charge in [0, 0.05) is 24.5 Å². The van der Waals surface area contributed by atoms with Gasteiger partial charge in [-0.25, -0.2) is 4.98 Å². The Morgan fingerprint density at radius 1 is 1.33 bits per heavy atom. The van der Waals surface area contributed by atoms with Crippen molar-refractivity contribution in [3.63, 3.8) is 0 Å². The van der Waals surface area contributed by atoms with Crippen LogP contribution in [0.2, 0.25) is 0 Å². The molecule has 2 aromatic rings. The Labute approximate surface area is 108 Å². The number of aryl methyl sites for hydroxylation is 2. The highest BCUT2D eigenvalue weighted by Crippen LogP contribution is 2.21. The molecule has 4 nitrogen and oxygen atoms in total. The van der Waals surface area contributed by atoms with Crippen molar-refractivity contribution in [3.05, 3.63) is 36.2 Å². The molecular formula is C14H19N3O. The van der Waals surface area contributed by atoms with E-state index in [9.17, 15) is 0 Å². The van der Waals surface area contributed by atoms with E-state index in [1.807, 2.05) is 44.3 Å². The molecule has 0 radical (unpaired) electrons. The molecule has 1 heterocycles. The zero-order valence-corrected chi connectivity index (χ0v) is 11.1. The summed E-state index contributed by atoms with van der Waals surface area (Å²) in [4.78, 5) is 4.46. The van der Waals surface area contributed by atoms with Gasteiger partial charge in [-0.05, 0) is 32.9 Å². The Hall–Kier alpha value is -1.97. The molecule has 0 unspecified atom stereocenters. The van der Waals surface area contributed by atoms with Crippen LogP contribution in [0, 0.1) is 6.92 Å². The average molecular weight is 245 g/mol. The van der Waals surface area contributed by atoms with E-state index in [4.69, 9.17) is 4.74 Å². The summed E-state index contributed by atoms with van der Waals surface area (Å²) in [5.74, 6) is 1.73. The molecule has 1 aromatic heterocycles. The summed E-state index contributed by atoms with van der Waals surface area (Å²) >= 11 is 0. The Balaban J connectivity index is 2.19. The Bertz CT molecular complexity index is 520. The maximum Gasteiger partial charge on any atom is 0.207 e. The summed E-state index contributed by atoms with van der Waals surface area (Å²) in [5.41, 5.74) is 2.00. The first-order chi connectivity index (χ1) is 8.72. The highest BCUT2D eigenvalue weighted by atomic mass is 16.5. The molecular weight excluding hydrogens is 226 g/mol. The van der Waals surface area contributed by atoms with Gasteiger partial charge in [-0.1, -0.05) is 6.07 Å². The minimum absolute atomic E-state index is 0.673. The maximum atomic E-state index is 5.48. The first-order valence-electron chi connectivity index (χ1n) is 6.26. The lowest BCUT2D eigenvalue weighted by molar-refractivity contribution is 0.340. The average Bonchev–Trinajstić information content (AvgIpc) is 2.70. The fourth-order valence-corrected chi connectivity index (χ4v) is 1.85. The fourth-order valence-electron chi connectivity index (χ4n) is 1.85. The van der Waals surface area contributed by atoms with E-state index in [-0.39, 0.29) is 0 Å². The lowest BCUT2D eigenvalue weighted by Crippen LogP contribution is -2.01. The fraction of sp³-hybridized carbons (Fsp3) is 0.357. The van der Waals surface area contributed by atoms with Crippen LogP contribution in [0.4, 0.5) is 11.6 Å². The number of hydrogen-bond acceptors (Lipinski definition) is 3. The van der Waals surface area contributed by atoms with Crippen LogP contribution in [-0.2, 0) is 6.54 Å². The second-order valence-corrected chi connectivity index (χ2v) is 4.08. The number of nitrogens with zero attached hydrogens (tertiary/aromatic N) is 2. The van der Waals surface area contributed by atoms with Crippen molar-refractivity contribution in [2.45, 2.75) is 27.3 Å². The lowest BCUT2D eigenvalue weighted by atomic mass is 10.3. The topological polar surface area (TPSA) is 39.1 Å². The summed E-state index contributed by atoms with van der Waals surface area (Å²) in [7, 11) is 0. The van der Waals surface area contributed by atoms with Gasteiger partial charge in [0.15, 0.2) is 0 Å². The summed E-state index contributed by atoms with van der Waals surface area (Å²) < 4.78 is 7.56. The van der Waals surface area contributed by atoms with Crippen molar-refractivity contribution in [1.29, 1.82) is 0 Å². The standard InChI is InChI=1S/C14H19N3O/c1-4-17-10-11(3)15-14(17)16-12-7-6-8-13(9-12)18-5-2/h6-10H,4-5H2,1-3H3,(H,15,16). The molecule has 2 rings (SSSR count). The number of imidazole rings is 1. The van der Waals surface area contributed by atoms with Crippen molar-refractivity contribution in [2.24, 2.45) is 0 Å². The third-order valence-corrected chi connectivity index (χ3v) is 2.64. The molecule has 0 aliphatic heterocycles. The first-order valence-corrected chi connectivity index (χ1v) is 6.26. The van der Waals surface area contributed by atoms with Gasteiger partial charge >= 0.3 is 0 Å². The predicted octanol–water partition coefficient (Wildman–Crippen LogP) is 3.35. The number of nitrogens with one attached hydrogen (secondary N) is 1. The van der Waals surface area contributed by atoms with E-state index in [0.717, 1.165) is 29.6 Å². The highest BCUT2D eigenvalue weighted by molar-refractivity contribution is 5.56. The molecule has 96 valence electrons. The maximum absolute atomic E-state index is 5.48. The second kappa shape index (κ2) is 5.58. The lowest BCUT2D eigenvalue weighted by Gasteiger charge is -2.09. The number of benzene rings is 1. The van der Waals surface area contributed by atoms with Crippen molar-refractivity contribution in [3.8, 4) is 5.75 Å². The van der Waals surface area contributed by atoms with E-state index < -0.39 is 0 Å². The van der Waals surface area contributed by atoms with Crippen molar-refractivity contribution < 1.29 is 4.74 Å². The zero-order valence-electron chi connectivity index (χ0n) is 11.1. The minimum atomic E-state index is 0.673. The molecule has 0 aliphatic rings. The number of aromatic nitrogens is 2. The zero-order chi connectivity index (χ0) is 13.0. The van der Waals surface area contributed by atoms with Crippen LogP contribution >= 0.6 is 0 Å². The monoisotopic (exact) mass is 245 g/mol. The van der Waals surface area contributed by atoms with Gasteiger partial charge in [0.05, 0.1) is 12.3 Å². The van der Waals surface area contributed by atoms with Crippen molar-refractivity contribution in [1.82, 2.24) is 9.55 Å². The van der Waals surface area contributed by atoms with Crippen molar-refractivity contribution in [2.75, 3.05) is 11.9 Å². The summed E-state index contributed by atoms with van der Waals surface area (Å²) in [5, 5.41) is 3.31. The SMILES string of the molecule is CCOc1cccc(Nc2nc(C)cn2CC)c1. The molecule has 0 atom stereocenters. The molecule has 4 heteroatoms. The van der Waals surface area contributed by atoms with Gasteiger partial charge in [-0.2, -0.15) is 0 Å². The van der Waals surface area contributed by atoms with E-state index in [2.05, 4.69) is 21.8 Å². The number of anilines is 2. The molecule has 0 saturated carbocycles. The van der Waals surface area contributed by atoms with Gasteiger partial charge in [-0.15, -0.1) is 0 Å². The number of rotatable bonds is 5. The van der Waals surface area contributed by atoms with Gasteiger partial charge in [0.2, 0.25) is 5.95 Å². The third kappa shape index (κ3) is 2.83. The van der Waals surface area contributed by atoms with Gasteiger partial charge in [0.1, 0.15) is 5.75 Å². The van der Waals surface area contributed by atoms with Crippen LogP contribution in [-0.4, -0.2) is 16.2 Å². The second-order valence-electron chi connectivity index (χ2n) is 4.08.